The van der Waals surface area contributed by atoms with Gasteiger partial charge in [-0.3, -0.25) is 4.79 Å². The SMILES string of the molecule is Cc1ccc(OCC(=O)Nc2cccc(S(=O)(=O)N3CCCCC3)c2)c(C)c1. The summed E-state index contributed by atoms with van der Waals surface area (Å²) in [6.07, 6.45) is 2.82. The minimum atomic E-state index is -3.53. The summed E-state index contributed by atoms with van der Waals surface area (Å²) in [5.41, 5.74) is 2.52. The Bertz CT molecular complexity index is 951. The van der Waals surface area contributed by atoms with Crippen molar-refractivity contribution in [3.05, 3.63) is 53.6 Å². The van der Waals surface area contributed by atoms with Crippen LogP contribution >= 0.6 is 0 Å². The molecule has 28 heavy (non-hydrogen) atoms. The summed E-state index contributed by atoms with van der Waals surface area (Å²) in [4.78, 5) is 12.4. The first kappa shape index (κ1) is 20.4. The Hall–Kier alpha value is -2.38. The summed E-state index contributed by atoms with van der Waals surface area (Å²) >= 11 is 0. The van der Waals surface area contributed by atoms with Crippen molar-refractivity contribution < 1.29 is 17.9 Å². The van der Waals surface area contributed by atoms with Gasteiger partial charge in [-0.15, -0.1) is 0 Å². The number of hydrogen-bond donors (Lipinski definition) is 1. The van der Waals surface area contributed by atoms with Gasteiger partial charge in [0.2, 0.25) is 10.0 Å². The fourth-order valence-corrected chi connectivity index (χ4v) is 4.85. The molecule has 150 valence electrons. The molecule has 1 amide bonds. The van der Waals surface area contributed by atoms with E-state index in [9.17, 15) is 13.2 Å². The maximum Gasteiger partial charge on any atom is 0.262 e. The fourth-order valence-electron chi connectivity index (χ4n) is 3.29. The molecule has 6 nitrogen and oxygen atoms in total. The standard InChI is InChI=1S/C21H26N2O4S/c1-16-9-10-20(17(2)13-16)27-15-21(24)22-18-7-6-8-19(14-18)28(25,26)23-11-4-3-5-12-23/h6-10,13-14H,3-5,11-12,15H2,1-2H3,(H,22,24). The first-order chi connectivity index (χ1) is 13.4. The van der Waals surface area contributed by atoms with E-state index < -0.39 is 10.0 Å². The lowest BCUT2D eigenvalue weighted by Crippen LogP contribution is -2.35. The van der Waals surface area contributed by atoms with Gasteiger partial charge in [-0.05, 0) is 56.5 Å². The van der Waals surface area contributed by atoms with Crippen molar-refractivity contribution in [1.82, 2.24) is 4.31 Å². The Morgan fingerprint density at radius 3 is 2.54 bits per heavy atom. The number of amides is 1. The third-order valence-electron chi connectivity index (χ3n) is 4.76. The predicted molar refractivity (Wildman–Crippen MR) is 109 cm³/mol. The summed E-state index contributed by atoms with van der Waals surface area (Å²) in [7, 11) is -3.53. The lowest BCUT2D eigenvalue weighted by Gasteiger charge is -2.26. The number of anilines is 1. The number of sulfonamides is 1. The van der Waals surface area contributed by atoms with E-state index in [0.717, 1.165) is 30.4 Å². The summed E-state index contributed by atoms with van der Waals surface area (Å²) in [5.74, 6) is 0.315. The lowest BCUT2D eigenvalue weighted by atomic mass is 10.1. The number of nitrogens with zero attached hydrogens (tertiary/aromatic N) is 1. The molecule has 0 aliphatic carbocycles. The lowest BCUT2D eigenvalue weighted by molar-refractivity contribution is -0.118. The minimum Gasteiger partial charge on any atom is -0.483 e. The smallest absolute Gasteiger partial charge is 0.262 e. The molecule has 0 bridgehead atoms. The van der Waals surface area contributed by atoms with E-state index in [0.29, 0.717) is 24.5 Å². The van der Waals surface area contributed by atoms with Crippen LogP contribution in [-0.2, 0) is 14.8 Å². The van der Waals surface area contributed by atoms with Gasteiger partial charge in [0.25, 0.3) is 5.91 Å². The number of nitrogens with one attached hydrogen (secondary N) is 1. The van der Waals surface area contributed by atoms with Gasteiger partial charge in [0.15, 0.2) is 6.61 Å². The highest BCUT2D eigenvalue weighted by Crippen LogP contribution is 2.23. The van der Waals surface area contributed by atoms with Crippen molar-refractivity contribution >= 4 is 21.6 Å². The molecule has 1 heterocycles. The Morgan fingerprint density at radius 1 is 1.07 bits per heavy atom. The average molecular weight is 403 g/mol. The first-order valence-corrected chi connectivity index (χ1v) is 10.9. The highest BCUT2D eigenvalue weighted by atomic mass is 32.2. The fraction of sp³-hybridized carbons (Fsp3) is 0.381. The van der Waals surface area contributed by atoms with E-state index in [1.165, 1.54) is 10.4 Å². The molecule has 0 atom stereocenters. The van der Waals surface area contributed by atoms with Crippen LogP contribution in [0.25, 0.3) is 0 Å². The summed E-state index contributed by atoms with van der Waals surface area (Å²) < 4.78 is 32.7. The van der Waals surface area contributed by atoms with E-state index in [-0.39, 0.29) is 17.4 Å². The Kier molecular flexibility index (Phi) is 6.36. The summed E-state index contributed by atoms with van der Waals surface area (Å²) in [5, 5.41) is 2.71. The number of piperidine rings is 1. The second kappa shape index (κ2) is 8.75. The molecule has 2 aromatic carbocycles. The van der Waals surface area contributed by atoms with E-state index in [1.807, 2.05) is 32.0 Å². The number of ether oxygens (including phenoxy) is 1. The highest BCUT2D eigenvalue weighted by molar-refractivity contribution is 7.89. The van der Waals surface area contributed by atoms with Crippen LogP contribution in [0.1, 0.15) is 30.4 Å². The molecule has 0 saturated carbocycles. The van der Waals surface area contributed by atoms with Crippen molar-refractivity contribution in [2.45, 2.75) is 38.0 Å². The predicted octanol–water partition coefficient (Wildman–Crippen LogP) is 3.50. The quantitative estimate of drug-likeness (QED) is 0.802. The van der Waals surface area contributed by atoms with E-state index >= 15 is 0 Å². The number of carbonyl (C=O) groups is 1. The van der Waals surface area contributed by atoms with Gasteiger partial charge >= 0.3 is 0 Å². The first-order valence-electron chi connectivity index (χ1n) is 9.46. The largest absolute Gasteiger partial charge is 0.483 e. The highest BCUT2D eigenvalue weighted by Gasteiger charge is 2.26. The monoisotopic (exact) mass is 402 g/mol. The van der Waals surface area contributed by atoms with Gasteiger partial charge in [-0.25, -0.2) is 8.42 Å². The van der Waals surface area contributed by atoms with Crippen molar-refractivity contribution in [1.29, 1.82) is 0 Å². The second-order valence-electron chi connectivity index (χ2n) is 7.10. The van der Waals surface area contributed by atoms with Gasteiger partial charge in [-0.2, -0.15) is 4.31 Å². The zero-order valence-corrected chi connectivity index (χ0v) is 17.1. The molecule has 0 spiro atoms. The van der Waals surface area contributed by atoms with Crippen molar-refractivity contribution in [2.75, 3.05) is 25.0 Å². The summed E-state index contributed by atoms with van der Waals surface area (Å²) in [6, 6.07) is 12.1. The van der Waals surface area contributed by atoms with Crippen LogP contribution in [0, 0.1) is 13.8 Å². The Balaban J connectivity index is 1.64. The average Bonchev–Trinajstić information content (AvgIpc) is 2.68. The molecular weight excluding hydrogens is 376 g/mol. The maximum absolute atomic E-state index is 12.8. The normalized spacial score (nSPS) is 15.2. The zero-order valence-electron chi connectivity index (χ0n) is 16.3. The molecular formula is C21H26N2O4S. The zero-order chi connectivity index (χ0) is 20.1. The molecule has 1 aliphatic rings. The molecule has 1 aliphatic heterocycles. The molecule has 3 rings (SSSR count). The van der Waals surface area contributed by atoms with E-state index in [1.54, 1.807) is 18.2 Å². The number of rotatable bonds is 6. The van der Waals surface area contributed by atoms with Crippen LogP contribution in [0.15, 0.2) is 47.4 Å². The van der Waals surface area contributed by atoms with Gasteiger partial charge in [-0.1, -0.05) is 30.2 Å². The maximum atomic E-state index is 12.8. The molecule has 0 unspecified atom stereocenters. The second-order valence-corrected chi connectivity index (χ2v) is 9.04. The number of benzene rings is 2. The number of hydrogen-bond acceptors (Lipinski definition) is 4. The van der Waals surface area contributed by atoms with Crippen LogP contribution in [0.3, 0.4) is 0 Å². The van der Waals surface area contributed by atoms with Crippen molar-refractivity contribution in [2.24, 2.45) is 0 Å². The van der Waals surface area contributed by atoms with E-state index in [4.69, 9.17) is 4.74 Å². The van der Waals surface area contributed by atoms with Crippen LogP contribution in [0.5, 0.6) is 5.75 Å². The third kappa shape index (κ3) is 4.91. The number of aryl methyl sites for hydroxylation is 2. The topological polar surface area (TPSA) is 75.7 Å². The Labute approximate surface area is 166 Å². The van der Waals surface area contributed by atoms with Gasteiger partial charge < -0.3 is 10.1 Å². The molecule has 1 N–H and O–H groups in total. The van der Waals surface area contributed by atoms with Gasteiger partial charge in [0.05, 0.1) is 4.90 Å². The summed E-state index contributed by atoms with van der Waals surface area (Å²) in [6.45, 7) is 4.86. The third-order valence-corrected chi connectivity index (χ3v) is 6.65. The van der Waals surface area contributed by atoms with E-state index in [2.05, 4.69) is 5.32 Å². The van der Waals surface area contributed by atoms with Crippen LogP contribution in [0.2, 0.25) is 0 Å². The molecule has 0 aromatic heterocycles. The van der Waals surface area contributed by atoms with Crippen molar-refractivity contribution in [3.8, 4) is 5.75 Å². The van der Waals surface area contributed by atoms with Gasteiger partial charge in [0.1, 0.15) is 5.75 Å². The van der Waals surface area contributed by atoms with Crippen LogP contribution in [0.4, 0.5) is 5.69 Å². The molecule has 7 heteroatoms. The van der Waals surface area contributed by atoms with Crippen molar-refractivity contribution in [3.63, 3.8) is 0 Å². The van der Waals surface area contributed by atoms with Gasteiger partial charge in [0, 0.05) is 18.8 Å². The molecule has 1 fully saturated rings. The van der Waals surface area contributed by atoms with Crippen LogP contribution in [-0.4, -0.2) is 38.3 Å². The minimum absolute atomic E-state index is 0.146. The number of carbonyl (C=O) groups excluding carboxylic acids is 1. The molecule has 2 aromatic rings. The Morgan fingerprint density at radius 2 is 1.82 bits per heavy atom. The molecule has 1 saturated heterocycles. The molecule has 0 radical (unpaired) electrons. The van der Waals surface area contributed by atoms with Crippen LogP contribution < -0.4 is 10.1 Å².